The van der Waals surface area contributed by atoms with Crippen LogP contribution in [0.25, 0.3) is 11.0 Å². The van der Waals surface area contributed by atoms with Crippen LogP contribution in [0.3, 0.4) is 0 Å². The minimum atomic E-state index is 0.668. The Morgan fingerprint density at radius 2 is 2.29 bits per heavy atom. The van der Waals surface area contributed by atoms with E-state index in [0.717, 1.165) is 12.1 Å². The van der Waals surface area contributed by atoms with Crippen molar-refractivity contribution in [2.24, 2.45) is 11.7 Å². The fraction of sp³-hybridized carbons (Fsp3) is 0.333. The summed E-state index contributed by atoms with van der Waals surface area (Å²) in [5.41, 5.74) is 8.06. The normalized spacial score (nSPS) is 25.5. The summed E-state index contributed by atoms with van der Waals surface area (Å²) in [5.74, 6) is 1.36. The molecule has 0 bridgehead atoms. The van der Waals surface area contributed by atoms with Gasteiger partial charge in [0, 0.05) is 5.39 Å². The molecule has 1 aromatic carbocycles. The molecule has 2 aromatic rings. The van der Waals surface area contributed by atoms with Gasteiger partial charge in [-0.25, -0.2) is 0 Å². The van der Waals surface area contributed by atoms with Crippen LogP contribution in [0.5, 0.6) is 0 Å². The number of nitrogens with two attached hydrogens (primary N) is 1. The number of hydrogen-bond donors (Lipinski definition) is 1. The van der Waals surface area contributed by atoms with Gasteiger partial charge in [0.15, 0.2) is 0 Å². The highest BCUT2D eigenvalue weighted by molar-refractivity contribution is 5.81. The van der Waals surface area contributed by atoms with E-state index in [1.54, 1.807) is 6.26 Å². The fourth-order valence-electron chi connectivity index (χ4n) is 2.23. The Labute approximate surface area is 82.7 Å². The summed E-state index contributed by atoms with van der Waals surface area (Å²) in [5, 5.41) is 1.26. The first-order valence-electron chi connectivity index (χ1n) is 5.06. The van der Waals surface area contributed by atoms with Gasteiger partial charge in [0.1, 0.15) is 5.58 Å². The molecule has 0 saturated heterocycles. The Kier molecular flexibility index (Phi) is 1.64. The molecule has 3 rings (SSSR count). The summed E-state index contributed by atoms with van der Waals surface area (Å²) in [6.07, 6.45) is 2.99. The van der Waals surface area contributed by atoms with E-state index in [2.05, 4.69) is 18.2 Å². The van der Waals surface area contributed by atoms with Gasteiger partial charge < -0.3 is 10.2 Å². The minimum absolute atomic E-state index is 0.668. The van der Waals surface area contributed by atoms with Crippen LogP contribution in [0.2, 0.25) is 0 Å². The van der Waals surface area contributed by atoms with Crippen molar-refractivity contribution in [2.45, 2.75) is 12.3 Å². The summed E-state index contributed by atoms with van der Waals surface area (Å²) >= 11 is 0. The van der Waals surface area contributed by atoms with Gasteiger partial charge in [-0.05, 0) is 42.5 Å². The van der Waals surface area contributed by atoms with Gasteiger partial charge in [-0.2, -0.15) is 0 Å². The highest BCUT2D eigenvalue weighted by Gasteiger charge is 2.37. The average molecular weight is 187 g/mol. The summed E-state index contributed by atoms with van der Waals surface area (Å²) in [6.45, 7) is 0.804. The van der Waals surface area contributed by atoms with E-state index in [-0.39, 0.29) is 0 Å². The Morgan fingerprint density at radius 3 is 3.07 bits per heavy atom. The predicted molar refractivity (Wildman–Crippen MR) is 56.1 cm³/mol. The molecule has 1 aliphatic rings. The molecule has 2 N–H and O–H groups in total. The molecule has 2 unspecified atom stereocenters. The maximum atomic E-state index is 5.66. The average Bonchev–Trinajstić information content (AvgIpc) is 2.85. The van der Waals surface area contributed by atoms with Gasteiger partial charge in [0.25, 0.3) is 0 Å². The van der Waals surface area contributed by atoms with Crippen molar-refractivity contribution in [1.82, 2.24) is 0 Å². The number of hydrogen-bond acceptors (Lipinski definition) is 2. The summed E-state index contributed by atoms with van der Waals surface area (Å²) in [6, 6.07) is 8.32. The first-order valence-corrected chi connectivity index (χ1v) is 5.06. The predicted octanol–water partition coefficient (Wildman–Crippen LogP) is 2.50. The van der Waals surface area contributed by atoms with Crippen LogP contribution in [-0.2, 0) is 0 Å². The van der Waals surface area contributed by atoms with Crippen LogP contribution in [-0.4, -0.2) is 6.54 Å². The van der Waals surface area contributed by atoms with Gasteiger partial charge in [-0.3, -0.25) is 0 Å². The second-order valence-corrected chi connectivity index (χ2v) is 4.02. The third-order valence-corrected chi connectivity index (χ3v) is 3.15. The maximum absolute atomic E-state index is 5.66. The molecule has 0 aliphatic heterocycles. The van der Waals surface area contributed by atoms with Gasteiger partial charge >= 0.3 is 0 Å². The molecule has 0 amide bonds. The largest absolute Gasteiger partial charge is 0.464 e. The molecule has 1 aromatic heterocycles. The monoisotopic (exact) mass is 187 g/mol. The van der Waals surface area contributed by atoms with Crippen LogP contribution in [0, 0.1) is 5.92 Å². The Hall–Kier alpha value is -1.28. The lowest BCUT2D eigenvalue weighted by atomic mass is 10.0. The molecule has 72 valence electrons. The smallest absolute Gasteiger partial charge is 0.134 e. The number of rotatable bonds is 2. The third kappa shape index (κ3) is 1.07. The van der Waals surface area contributed by atoms with Crippen molar-refractivity contribution in [3.8, 4) is 0 Å². The standard InChI is InChI=1S/C12H13NO/c13-7-8-6-11(8)9-2-1-3-12-10(9)4-5-14-12/h1-5,8,11H,6-7,13H2. The van der Waals surface area contributed by atoms with Crippen LogP contribution in [0.15, 0.2) is 34.9 Å². The van der Waals surface area contributed by atoms with E-state index in [0.29, 0.717) is 11.8 Å². The van der Waals surface area contributed by atoms with Crippen molar-refractivity contribution in [2.75, 3.05) is 6.54 Å². The molecule has 1 heterocycles. The first-order chi connectivity index (χ1) is 6.90. The van der Waals surface area contributed by atoms with Crippen molar-refractivity contribution in [1.29, 1.82) is 0 Å². The molecule has 0 spiro atoms. The van der Waals surface area contributed by atoms with E-state index in [1.165, 1.54) is 17.4 Å². The zero-order valence-corrected chi connectivity index (χ0v) is 7.94. The van der Waals surface area contributed by atoms with Gasteiger partial charge in [0.05, 0.1) is 6.26 Å². The van der Waals surface area contributed by atoms with Crippen LogP contribution >= 0.6 is 0 Å². The molecular weight excluding hydrogens is 174 g/mol. The van der Waals surface area contributed by atoms with Crippen molar-refractivity contribution in [3.05, 3.63) is 36.1 Å². The maximum Gasteiger partial charge on any atom is 0.134 e. The second kappa shape index (κ2) is 2.85. The highest BCUT2D eigenvalue weighted by Crippen LogP contribution is 2.48. The molecule has 2 atom stereocenters. The van der Waals surface area contributed by atoms with E-state index in [9.17, 15) is 0 Å². The first kappa shape index (κ1) is 8.06. The zero-order chi connectivity index (χ0) is 9.54. The Bertz CT molecular complexity index is 460. The van der Waals surface area contributed by atoms with Crippen molar-refractivity contribution < 1.29 is 4.42 Å². The van der Waals surface area contributed by atoms with Gasteiger partial charge in [0.2, 0.25) is 0 Å². The molecule has 2 nitrogen and oxygen atoms in total. The van der Waals surface area contributed by atoms with Gasteiger partial charge in [-0.1, -0.05) is 12.1 Å². The summed E-state index contributed by atoms with van der Waals surface area (Å²) < 4.78 is 5.37. The van der Waals surface area contributed by atoms with Crippen LogP contribution in [0.1, 0.15) is 17.9 Å². The minimum Gasteiger partial charge on any atom is -0.464 e. The molecule has 0 radical (unpaired) electrons. The Morgan fingerprint density at radius 1 is 1.36 bits per heavy atom. The van der Waals surface area contributed by atoms with Crippen LogP contribution < -0.4 is 5.73 Å². The number of furan rings is 1. The van der Waals surface area contributed by atoms with E-state index in [4.69, 9.17) is 10.2 Å². The number of fused-ring (bicyclic) bond motifs is 1. The van der Waals surface area contributed by atoms with Crippen molar-refractivity contribution >= 4 is 11.0 Å². The topological polar surface area (TPSA) is 39.2 Å². The van der Waals surface area contributed by atoms with E-state index < -0.39 is 0 Å². The molecule has 2 heteroatoms. The highest BCUT2D eigenvalue weighted by atomic mass is 16.3. The molecule has 14 heavy (non-hydrogen) atoms. The summed E-state index contributed by atoms with van der Waals surface area (Å²) in [7, 11) is 0. The van der Waals surface area contributed by atoms with Crippen molar-refractivity contribution in [3.63, 3.8) is 0 Å². The van der Waals surface area contributed by atoms with E-state index in [1.807, 2.05) is 6.07 Å². The second-order valence-electron chi connectivity index (χ2n) is 4.02. The van der Waals surface area contributed by atoms with Crippen LogP contribution in [0.4, 0.5) is 0 Å². The lowest BCUT2D eigenvalue weighted by molar-refractivity contribution is 0.615. The summed E-state index contributed by atoms with van der Waals surface area (Å²) in [4.78, 5) is 0. The van der Waals surface area contributed by atoms with Gasteiger partial charge in [-0.15, -0.1) is 0 Å². The zero-order valence-electron chi connectivity index (χ0n) is 7.94. The van der Waals surface area contributed by atoms with E-state index >= 15 is 0 Å². The SMILES string of the molecule is NCC1CC1c1cccc2occc12. The molecule has 1 saturated carbocycles. The molecular formula is C12H13NO. The number of benzene rings is 1. The molecule has 1 aliphatic carbocycles. The lowest BCUT2D eigenvalue weighted by Crippen LogP contribution is -2.01. The lowest BCUT2D eigenvalue weighted by Gasteiger charge is -2.00. The quantitative estimate of drug-likeness (QED) is 0.784. The molecule has 1 fully saturated rings. The Balaban J connectivity index is 2.08. The third-order valence-electron chi connectivity index (χ3n) is 3.15. The fourth-order valence-corrected chi connectivity index (χ4v) is 2.23.